The van der Waals surface area contributed by atoms with Crippen LogP contribution in [0, 0.1) is 6.92 Å². The van der Waals surface area contributed by atoms with Crippen LogP contribution < -0.4 is 10.9 Å². The molecule has 1 atom stereocenters. The number of carbonyl (C=O) groups is 1. The minimum absolute atomic E-state index is 0.0464. The minimum Gasteiger partial charge on any atom is -0.351 e. The van der Waals surface area contributed by atoms with Crippen molar-refractivity contribution in [3.8, 4) is 0 Å². The van der Waals surface area contributed by atoms with Crippen LogP contribution in [0.4, 0.5) is 0 Å². The summed E-state index contributed by atoms with van der Waals surface area (Å²) in [6.45, 7) is 12.1. The van der Waals surface area contributed by atoms with Gasteiger partial charge in [-0.1, -0.05) is 67.6 Å². The summed E-state index contributed by atoms with van der Waals surface area (Å²) in [7, 11) is 0. The SMILES string of the molecule is CCN(CC)CCCn1c(S[C@@H](C)C(=O)NCc2ccc(C)cc2)nc2ccccc2c1=O. The number of para-hydroxylation sites is 1. The molecule has 1 N–H and O–H groups in total. The molecule has 176 valence electrons. The number of hydrogen-bond donors (Lipinski definition) is 1. The number of aromatic nitrogens is 2. The van der Waals surface area contributed by atoms with Gasteiger partial charge in [-0.25, -0.2) is 4.98 Å². The van der Waals surface area contributed by atoms with Crippen LogP contribution in [0.15, 0.2) is 58.5 Å². The maximum absolute atomic E-state index is 13.2. The van der Waals surface area contributed by atoms with E-state index in [1.165, 1.54) is 17.3 Å². The topological polar surface area (TPSA) is 67.2 Å². The van der Waals surface area contributed by atoms with Gasteiger partial charge in [0.1, 0.15) is 0 Å². The third kappa shape index (κ3) is 6.68. The van der Waals surface area contributed by atoms with Crippen molar-refractivity contribution >= 4 is 28.6 Å². The van der Waals surface area contributed by atoms with Crippen molar-refractivity contribution in [1.82, 2.24) is 19.8 Å². The summed E-state index contributed by atoms with van der Waals surface area (Å²) in [4.78, 5) is 33.1. The fourth-order valence-corrected chi connectivity index (χ4v) is 4.64. The van der Waals surface area contributed by atoms with E-state index >= 15 is 0 Å². The predicted molar refractivity (Wildman–Crippen MR) is 137 cm³/mol. The lowest BCUT2D eigenvalue weighted by Crippen LogP contribution is -2.32. The van der Waals surface area contributed by atoms with E-state index in [1.807, 2.05) is 62.4 Å². The Bertz CT molecular complexity index is 1120. The second kappa shape index (κ2) is 12.0. The molecule has 33 heavy (non-hydrogen) atoms. The zero-order valence-electron chi connectivity index (χ0n) is 20.0. The fourth-order valence-electron chi connectivity index (χ4n) is 3.68. The molecule has 0 spiro atoms. The lowest BCUT2D eigenvalue weighted by molar-refractivity contribution is -0.120. The molecule has 0 aliphatic heterocycles. The summed E-state index contributed by atoms with van der Waals surface area (Å²) in [5, 5.41) is 3.83. The van der Waals surface area contributed by atoms with E-state index in [-0.39, 0.29) is 16.7 Å². The molecule has 3 aromatic rings. The van der Waals surface area contributed by atoms with E-state index in [0.29, 0.717) is 29.1 Å². The number of aryl methyl sites for hydroxylation is 1. The van der Waals surface area contributed by atoms with Gasteiger partial charge >= 0.3 is 0 Å². The smallest absolute Gasteiger partial charge is 0.262 e. The number of nitrogens with zero attached hydrogens (tertiary/aromatic N) is 3. The highest BCUT2D eigenvalue weighted by atomic mass is 32.2. The first kappa shape index (κ1) is 25.0. The van der Waals surface area contributed by atoms with Crippen molar-refractivity contribution in [3.63, 3.8) is 0 Å². The number of nitrogens with one attached hydrogen (secondary N) is 1. The summed E-state index contributed by atoms with van der Waals surface area (Å²) in [5.74, 6) is -0.0716. The Hall–Kier alpha value is -2.64. The Morgan fingerprint density at radius 2 is 1.82 bits per heavy atom. The number of fused-ring (bicyclic) bond motifs is 1. The molecule has 0 fully saturated rings. The summed E-state index contributed by atoms with van der Waals surface area (Å²) in [6.07, 6.45) is 0.850. The van der Waals surface area contributed by atoms with Gasteiger partial charge in [0, 0.05) is 13.1 Å². The lowest BCUT2D eigenvalue weighted by Gasteiger charge is -2.20. The van der Waals surface area contributed by atoms with Gasteiger partial charge in [0.05, 0.1) is 16.2 Å². The molecule has 0 aliphatic rings. The maximum Gasteiger partial charge on any atom is 0.262 e. The molecule has 3 rings (SSSR count). The zero-order valence-corrected chi connectivity index (χ0v) is 20.8. The largest absolute Gasteiger partial charge is 0.351 e. The fraction of sp³-hybridized carbons (Fsp3) is 0.423. The lowest BCUT2D eigenvalue weighted by atomic mass is 10.1. The van der Waals surface area contributed by atoms with Crippen molar-refractivity contribution in [2.45, 2.75) is 57.6 Å². The first-order chi connectivity index (χ1) is 15.9. The number of rotatable bonds is 11. The van der Waals surface area contributed by atoms with Crippen LogP contribution in [0.2, 0.25) is 0 Å². The van der Waals surface area contributed by atoms with E-state index in [9.17, 15) is 9.59 Å². The molecule has 0 saturated heterocycles. The van der Waals surface area contributed by atoms with Gasteiger partial charge in [-0.05, 0) is 57.6 Å². The van der Waals surface area contributed by atoms with Crippen molar-refractivity contribution in [3.05, 3.63) is 70.0 Å². The number of benzene rings is 2. The highest BCUT2D eigenvalue weighted by molar-refractivity contribution is 8.00. The summed E-state index contributed by atoms with van der Waals surface area (Å²) < 4.78 is 1.74. The highest BCUT2D eigenvalue weighted by Gasteiger charge is 2.19. The van der Waals surface area contributed by atoms with E-state index in [1.54, 1.807) is 4.57 Å². The summed E-state index contributed by atoms with van der Waals surface area (Å²) in [6, 6.07) is 15.5. The van der Waals surface area contributed by atoms with Crippen LogP contribution in [0.1, 0.15) is 38.3 Å². The zero-order chi connectivity index (χ0) is 23.8. The van der Waals surface area contributed by atoms with E-state index < -0.39 is 0 Å². The molecule has 6 nitrogen and oxygen atoms in total. The van der Waals surface area contributed by atoms with Gasteiger partial charge in [0.15, 0.2) is 5.16 Å². The van der Waals surface area contributed by atoms with Crippen molar-refractivity contribution < 1.29 is 4.79 Å². The number of thioether (sulfide) groups is 1. The Morgan fingerprint density at radius 1 is 1.12 bits per heavy atom. The van der Waals surface area contributed by atoms with Gasteiger partial charge < -0.3 is 10.2 Å². The molecular formula is C26H34N4O2S. The Labute approximate surface area is 200 Å². The van der Waals surface area contributed by atoms with E-state index in [0.717, 1.165) is 31.6 Å². The van der Waals surface area contributed by atoms with Crippen LogP contribution in [0.5, 0.6) is 0 Å². The van der Waals surface area contributed by atoms with Crippen molar-refractivity contribution in [2.75, 3.05) is 19.6 Å². The Balaban J connectivity index is 1.75. The summed E-state index contributed by atoms with van der Waals surface area (Å²) >= 11 is 1.34. The van der Waals surface area contributed by atoms with Crippen LogP contribution in [-0.2, 0) is 17.9 Å². The quantitative estimate of drug-likeness (QED) is 0.338. The average molecular weight is 467 g/mol. The number of hydrogen-bond acceptors (Lipinski definition) is 5. The molecule has 7 heteroatoms. The second-order valence-corrected chi connectivity index (χ2v) is 9.52. The predicted octanol–water partition coefficient (Wildman–Crippen LogP) is 4.23. The third-order valence-electron chi connectivity index (χ3n) is 5.82. The van der Waals surface area contributed by atoms with Crippen LogP contribution in [-0.4, -0.2) is 45.2 Å². The standard InChI is InChI=1S/C26H34N4O2S/c1-5-29(6-2)16-9-17-30-25(32)22-10-7-8-11-23(22)28-26(30)33-20(4)24(31)27-18-21-14-12-19(3)13-15-21/h7-8,10-15,20H,5-6,9,16-18H2,1-4H3,(H,27,31)/t20-/m0/s1. The van der Waals surface area contributed by atoms with Gasteiger partial charge in [-0.3, -0.25) is 14.2 Å². The molecule has 1 amide bonds. The van der Waals surface area contributed by atoms with Crippen molar-refractivity contribution in [2.24, 2.45) is 0 Å². The normalized spacial score (nSPS) is 12.3. The maximum atomic E-state index is 13.2. The van der Waals surface area contributed by atoms with Crippen LogP contribution in [0.25, 0.3) is 10.9 Å². The third-order valence-corrected chi connectivity index (χ3v) is 6.91. The van der Waals surface area contributed by atoms with Crippen LogP contribution >= 0.6 is 11.8 Å². The van der Waals surface area contributed by atoms with Gasteiger partial charge in [-0.15, -0.1) is 0 Å². The van der Waals surface area contributed by atoms with Crippen molar-refractivity contribution in [1.29, 1.82) is 0 Å². The molecule has 0 bridgehead atoms. The second-order valence-electron chi connectivity index (χ2n) is 8.21. The number of amides is 1. The molecule has 0 radical (unpaired) electrons. The van der Waals surface area contributed by atoms with Gasteiger partial charge in [0.25, 0.3) is 5.56 Å². The molecule has 0 aliphatic carbocycles. The van der Waals surface area contributed by atoms with E-state index in [4.69, 9.17) is 4.98 Å². The Kier molecular flexibility index (Phi) is 9.09. The Morgan fingerprint density at radius 3 is 2.52 bits per heavy atom. The summed E-state index contributed by atoms with van der Waals surface area (Å²) in [5.41, 5.74) is 2.87. The van der Waals surface area contributed by atoms with Crippen LogP contribution in [0.3, 0.4) is 0 Å². The highest BCUT2D eigenvalue weighted by Crippen LogP contribution is 2.23. The molecule has 1 aromatic heterocycles. The van der Waals surface area contributed by atoms with Gasteiger partial charge in [0.2, 0.25) is 5.91 Å². The number of carbonyl (C=O) groups excluding carboxylic acids is 1. The molecule has 2 aromatic carbocycles. The monoisotopic (exact) mass is 466 g/mol. The average Bonchev–Trinajstić information content (AvgIpc) is 2.83. The molecule has 0 unspecified atom stereocenters. The molecule has 0 saturated carbocycles. The first-order valence-electron chi connectivity index (χ1n) is 11.6. The minimum atomic E-state index is -0.377. The molecular weight excluding hydrogens is 432 g/mol. The molecule has 1 heterocycles. The first-order valence-corrected chi connectivity index (χ1v) is 12.5. The van der Waals surface area contributed by atoms with Gasteiger partial charge in [-0.2, -0.15) is 0 Å². The van der Waals surface area contributed by atoms with E-state index in [2.05, 4.69) is 24.1 Å².